The minimum absolute atomic E-state index is 0.0871. The normalized spacial score (nSPS) is 20.3. The van der Waals surface area contributed by atoms with Crippen LogP contribution in [0.25, 0.3) is 5.78 Å². The number of rotatable bonds is 4. The van der Waals surface area contributed by atoms with E-state index in [0.717, 1.165) is 23.7 Å². The molecule has 0 amide bonds. The second-order valence-corrected chi connectivity index (χ2v) is 6.01. The molecule has 20 heavy (non-hydrogen) atoms. The quantitative estimate of drug-likeness (QED) is 0.910. The summed E-state index contributed by atoms with van der Waals surface area (Å²) in [5.41, 5.74) is 0.936. The number of thioether (sulfide) groups is 1. The minimum Gasteiger partial charge on any atom is -0.481 e. The van der Waals surface area contributed by atoms with E-state index in [1.165, 1.54) is 0 Å². The summed E-state index contributed by atoms with van der Waals surface area (Å²) in [7, 11) is 0. The molecule has 2 aromatic heterocycles. The van der Waals surface area contributed by atoms with Gasteiger partial charge in [0.2, 0.25) is 5.78 Å². The van der Waals surface area contributed by atoms with Crippen molar-refractivity contribution in [3.8, 4) is 0 Å². The summed E-state index contributed by atoms with van der Waals surface area (Å²) >= 11 is 1.82. The smallest absolute Gasteiger partial charge is 0.304 e. The lowest BCUT2D eigenvalue weighted by molar-refractivity contribution is -0.138. The maximum absolute atomic E-state index is 10.9. The van der Waals surface area contributed by atoms with Crippen molar-refractivity contribution in [3.05, 3.63) is 30.4 Å². The predicted octanol–water partition coefficient (Wildman–Crippen LogP) is 1.12. The lowest BCUT2D eigenvalue weighted by Gasteiger charge is -2.33. The third-order valence-electron chi connectivity index (χ3n) is 3.41. The van der Waals surface area contributed by atoms with E-state index in [1.807, 2.05) is 34.6 Å². The van der Waals surface area contributed by atoms with Crippen molar-refractivity contribution in [1.29, 1.82) is 0 Å². The van der Waals surface area contributed by atoms with Crippen LogP contribution in [-0.2, 0) is 11.3 Å². The Labute approximate surface area is 120 Å². The van der Waals surface area contributed by atoms with Crippen LogP contribution in [-0.4, -0.2) is 54.4 Å². The number of aromatic nitrogens is 3. The molecule has 1 atom stereocenters. The Morgan fingerprint density at radius 2 is 2.45 bits per heavy atom. The molecule has 3 rings (SSSR count). The fraction of sp³-hybridized carbons (Fsp3) is 0.462. The molecule has 7 heteroatoms. The lowest BCUT2D eigenvalue weighted by Crippen LogP contribution is -2.43. The first-order valence-electron chi connectivity index (χ1n) is 6.54. The highest BCUT2D eigenvalue weighted by Crippen LogP contribution is 2.21. The van der Waals surface area contributed by atoms with Crippen LogP contribution in [0.2, 0.25) is 0 Å². The molecule has 3 heterocycles. The van der Waals surface area contributed by atoms with Crippen LogP contribution in [0.3, 0.4) is 0 Å². The molecule has 1 aliphatic rings. The third kappa shape index (κ3) is 2.94. The molecule has 0 spiro atoms. The van der Waals surface area contributed by atoms with Gasteiger partial charge in [-0.05, 0) is 6.07 Å². The fourth-order valence-electron chi connectivity index (χ4n) is 2.45. The van der Waals surface area contributed by atoms with Gasteiger partial charge in [0.05, 0.1) is 12.1 Å². The minimum atomic E-state index is -0.737. The van der Waals surface area contributed by atoms with E-state index in [4.69, 9.17) is 5.11 Å². The highest BCUT2D eigenvalue weighted by Gasteiger charge is 2.25. The second kappa shape index (κ2) is 5.80. The predicted molar refractivity (Wildman–Crippen MR) is 76.8 cm³/mol. The van der Waals surface area contributed by atoms with Crippen LogP contribution in [0.1, 0.15) is 12.1 Å². The van der Waals surface area contributed by atoms with Gasteiger partial charge < -0.3 is 5.11 Å². The number of aliphatic carboxylic acids is 1. The molecule has 1 saturated heterocycles. The van der Waals surface area contributed by atoms with Gasteiger partial charge in [-0.25, -0.2) is 9.97 Å². The molecule has 2 aromatic rings. The van der Waals surface area contributed by atoms with Crippen molar-refractivity contribution in [1.82, 2.24) is 19.3 Å². The average molecular weight is 292 g/mol. The van der Waals surface area contributed by atoms with Gasteiger partial charge in [0.25, 0.3) is 0 Å². The first-order chi connectivity index (χ1) is 9.72. The van der Waals surface area contributed by atoms with E-state index in [-0.39, 0.29) is 12.5 Å². The fourth-order valence-corrected chi connectivity index (χ4v) is 3.58. The monoisotopic (exact) mass is 292 g/mol. The number of nitrogens with zero attached hydrogens (tertiary/aromatic N) is 4. The molecule has 1 fully saturated rings. The SMILES string of the molecule is O=C(O)CC1CSCCN1Cc1cn2cccnc2n1. The van der Waals surface area contributed by atoms with Gasteiger partial charge in [-0.2, -0.15) is 11.8 Å². The van der Waals surface area contributed by atoms with E-state index in [2.05, 4.69) is 14.9 Å². The van der Waals surface area contributed by atoms with Gasteiger partial charge in [0, 0.05) is 49.2 Å². The topological polar surface area (TPSA) is 70.7 Å². The van der Waals surface area contributed by atoms with Crippen molar-refractivity contribution < 1.29 is 9.90 Å². The Hall–Kier alpha value is -1.60. The Kier molecular flexibility index (Phi) is 3.88. The van der Waals surface area contributed by atoms with Gasteiger partial charge in [-0.3, -0.25) is 14.1 Å². The Balaban J connectivity index is 1.75. The lowest BCUT2D eigenvalue weighted by atomic mass is 10.2. The number of carboxylic acid groups (broad SMARTS) is 1. The van der Waals surface area contributed by atoms with Crippen LogP contribution >= 0.6 is 11.8 Å². The molecule has 0 aromatic carbocycles. The second-order valence-electron chi connectivity index (χ2n) is 4.86. The Morgan fingerprint density at radius 3 is 3.25 bits per heavy atom. The van der Waals surface area contributed by atoms with Crippen LogP contribution in [0, 0.1) is 0 Å². The van der Waals surface area contributed by atoms with Crippen molar-refractivity contribution in [2.24, 2.45) is 0 Å². The van der Waals surface area contributed by atoms with E-state index in [1.54, 1.807) is 6.20 Å². The first kappa shape index (κ1) is 13.4. The van der Waals surface area contributed by atoms with E-state index in [9.17, 15) is 4.79 Å². The molecular weight excluding hydrogens is 276 g/mol. The van der Waals surface area contributed by atoms with Gasteiger partial charge in [-0.1, -0.05) is 0 Å². The van der Waals surface area contributed by atoms with Crippen molar-refractivity contribution >= 4 is 23.5 Å². The molecule has 1 N–H and O–H groups in total. The number of carboxylic acids is 1. The maximum Gasteiger partial charge on any atom is 0.304 e. The Morgan fingerprint density at radius 1 is 1.55 bits per heavy atom. The summed E-state index contributed by atoms with van der Waals surface area (Å²) < 4.78 is 1.89. The number of hydrogen-bond acceptors (Lipinski definition) is 5. The summed E-state index contributed by atoms with van der Waals surface area (Å²) in [6, 6.07) is 1.95. The summed E-state index contributed by atoms with van der Waals surface area (Å²) in [6.07, 6.45) is 5.79. The number of imidazole rings is 1. The molecule has 0 radical (unpaired) electrons. The summed E-state index contributed by atoms with van der Waals surface area (Å²) in [4.78, 5) is 21.8. The molecular formula is C13H16N4O2S. The zero-order chi connectivity index (χ0) is 13.9. The standard InChI is InChI=1S/C13H16N4O2S/c18-12(19)6-11-9-20-5-4-16(11)7-10-8-17-3-1-2-14-13(17)15-10/h1-3,8,11H,4-7,9H2,(H,18,19). The van der Waals surface area contributed by atoms with Crippen molar-refractivity contribution in [3.63, 3.8) is 0 Å². The summed E-state index contributed by atoms with van der Waals surface area (Å²) in [5.74, 6) is 1.86. The third-order valence-corrected chi connectivity index (χ3v) is 4.50. The van der Waals surface area contributed by atoms with Gasteiger partial charge in [0.15, 0.2) is 0 Å². The van der Waals surface area contributed by atoms with Gasteiger partial charge in [0.1, 0.15) is 0 Å². The molecule has 1 aliphatic heterocycles. The molecule has 0 bridgehead atoms. The van der Waals surface area contributed by atoms with Crippen molar-refractivity contribution in [2.75, 3.05) is 18.1 Å². The van der Waals surface area contributed by atoms with Crippen LogP contribution in [0.15, 0.2) is 24.7 Å². The van der Waals surface area contributed by atoms with Crippen LogP contribution in [0.5, 0.6) is 0 Å². The van der Waals surface area contributed by atoms with Crippen LogP contribution < -0.4 is 0 Å². The number of fused-ring (bicyclic) bond motifs is 1. The highest BCUT2D eigenvalue weighted by molar-refractivity contribution is 7.99. The first-order valence-corrected chi connectivity index (χ1v) is 7.70. The van der Waals surface area contributed by atoms with E-state index >= 15 is 0 Å². The number of carbonyl (C=O) groups is 1. The van der Waals surface area contributed by atoms with E-state index < -0.39 is 5.97 Å². The summed E-state index contributed by atoms with van der Waals surface area (Å²) in [5, 5.41) is 9.00. The molecule has 1 unspecified atom stereocenters. The summed E-state index contributed by atoms with van der Waals surface area (Å²) in [6.45, 7) is 1.59. The zero-order valence-electron chi connectivity index (χ0n) is 11.0. The van der Waals surface area contributed by atoms with Gasteiger partial charge >= 0.3 is 5.97 Å². The Bertz CT molecular complexity index is 582. The average Bonchev–Trinajstić information content (AvgIpc) is 2.82. The largest absolute Gasteiger partial charge is 0.481 e. The van der Waals surface area contributed by atoms with E-state index in [0.29, 0.717) is 12.3 Å². The molecule has 0 aliphatic carbocycles. The molecule has 106 valence electrons. The van der Waals surface area contributed by atoms with Gasteiger partial charge in [-0.15, -0.1) is 0 Å². The number of hydrogen-bond donors (Lipinski definition) is 1. The molecule has 6 nitrogen and oxygen atoms in total. The van der Waals surface area contributed by atoms with Crippen LogP contribution in [0.4, 0.5) is 0 Å². The molecule has 0 saturated carbocycles. The van der Waals surface area contributed by atoms with Crippen molar-refractivity contribution in [2.45, 2.75) is 19.0 Å². The zero-order valence-corrected chi connectivity index (χ0v) is 11.8. The maximum atomic E-state index is 10.9. The highest BCUT2D eigenvalue weighted by atomic mass is 32.2.